The molecule has 1 heterocycles. The molecule has 0 atom stereocenters. The Balaban J connectivity index is 1.70. The molecule has 138 valence electrons. The number of anilines is 3. The van der Waals surface area contributed by atoms with Crippen molar-refractivity contribution in [1.29, 1.82) is 0 Å². The van der Waals surface area contributed by atoms with Crippen LogP contribution in [-0.4, -0.2) is 17.0 Å². The van der Waals surface area contributed by atoms with Gasteiger partial charge < -0.3 is 15.4 Å². The SMILES string of the molecule is CC(C)Oc1ccccc1Nc1ccc(C(=O)Nc2cccc(F)c2)nc1. The number of hydrogen-bond donors (Lipinski definition) is 2. The van der Waals surface area contributed by atoms with Gasteiger partial charge in [-0.05, 0) is 56.3 Å². The first-order valence-electron chi connectivity index (χ1n) is 8.57. The lowest BCUT2D eigenvalue weighted by atomic mass is 10.2. The minimum absolute atomic E-state index is 0.0555. The Kier molecular flexibility index (Phi) is 5.66. The van der Waals surface area contributed by atoms with E-state index in [1.165, 1.54) is 18.2 Å². The van der Waals surface area contributed by atoms with Gasteiger partial charge in [0.1, 0.15) is 17.3 Å². The molecule has 0 fully saturated rings. The average molecular weight is 365 g/mol. The van der Waals surface area contributed by atoms with E-state index in [0.717, 1.165) is 17.1 Å². The molecule has 3 rings (SSSR count). The van der Waals surface area contributed by atoms with E-state index >= 15 is 0 Å². The van der Waals surface area contributed by atoms with Crippen molar-refractivity contribution in [3.8, 4) is 5.75 Å². The van der Waals surface area contributed by atoms with Crippen LogP contribution in [0.1, 0.15) is 24.3 Å². The first-order chi connectivity index (χ1) is 13.0. The van der Waals surface area contributed by atoms with Crippen molar-refractivity contribution in [3.63, 3.8) is 0 Å². The molecular formula is C21H20FN3O2. The highest BCUT2D eigenvalue weighted by Gasteiger charge is 2.09. The average Bonchev–Trinajstić information content (AvgIpc) is 2.63. The van der Waals surface area contributed by atoms with Crippen molar-refractivity contribution in [2.75, 3.05) is 10.6 Å². The third-order valence-electron chi connectivity index (χ3n) is 3.61. The second kappa shape index (κ2) is 8.31. The minimum atomic E-state index is -0.414. The van der Waals surface area contributed by atoms with Crippen LogP contribution in [0.3, 0.4) is 0 Å². The molecule has 0 spiro atoms. The Morgan fingerprint density at radius 1 is 1.04 bits per heavy atom. The predicted molar refractivity (Wildman–Crippen MR) is 104 cm³/mol. The summed E-state index contributed by atoms with van der Waals surface area (Å²) < 4.78 is 19.0. The van der Waals surface area contributed by atoms with E-state index < -0.39 is 11.7 Å². The van der Waals surface area contributed by atoms with Gasteiger partial charge >= 0.3 is 0 Å². The summed E-state index contributed by atoms with van der Waals surface area (Å²) in [6.07, 6.45) is 1.62. The lowest BCUT2D eigenvalue weighted by Crippen LogP contribution is -2.13. The number of carbonyl (C=O) groups is 1. The van der Waals surface area contributed by atoms with Crippen molar-refractivity contribution in [2.24, 2.45) is 0 Å². The maximum atomic E-state index is 13.2. The van der Waals surface area contributed by atoms with Crippen molar-refractivity contribution >= 4 is 23.0 Å². The molecule has 2 N–H and O–H groups in total. The van der Waals surface area contributed by atoms with Crippen LogP contribution in [0.2, 0.25) is 0 Å². The predicted octanol–water partition coefficient (Wildman–Crippen LogP) is 5.00. The van der Waals surface area contributed by atoms with E-state index in [1.54, 1.807) is 24.4 Å². The number of halogens is 1. The second-order valence-corrected chi connectivity index (χ2v) is 6.18. The molecule has 0 radical (unpaired) electrons. The van der Waals surface area contributed by atoms with Crippen LogP contribution in [0.4, 0.5) is 21.5 Å². The molecule has 0 saturated carbocycles. The van der Waals surface area contributed by atoms with Gasteiger partial charge in [-0.25, -0.2) is 9.37 Å². The Labute approximate surface area is 157 Å². The summed E-state index contributed by atoms with van der Waals surface area (Å²) in [6, 6.07) is 16.7. The Hall–Kier alpha value is -3.41. The molecular weight excluding hydrogens is 345 g/mol. The maximum Gasteiger partial charge on any atom is 0.274 e. The highest BCUT2D eigenvalue weighted by molar-refractivity contribution is 6.02. The molecule has 0 aliphatic rings. The highest BCUT2D eigenvalue weighted by Crippen LogP contribution is 2.28. The van der Waals surface area contributed by atoms with E-state index in [1.807, 2.05) is 38.1 Å². The number of ether oxygens (including phenoxy) is 1. The number of carbonyl (C=O) groups excluding carboxylic acids is 1. The van der Waals surface area contributed by atoms with Gasteiger partial charge in [0.25, 0.3) is 5.91 Å². The molecule has 1 amide bonds. The zero-order valence-electron chi connectivity index (χ0n) is 15.1. The van der Waals surface area contributed by atoms with Crippen molar-refractivity contribution in [1.82, 2.24) is 4.98 Å². The van der Waals surface area contributed by atoms with E-state index in [0.29, 0.717) is 5.69 Å². The summed E-state index contributed by atoms with van der Waals surface area (Å²) in [5.41, 5.74) is 2.14. The van der Waals surface area contributed by atoms with Crippen LogP contribution in [0.25, 0.3) is 0 Å². The Morgan fingerprint density at radius 3 is 2.56 bits per heavy atom. The molecule has 6 heteroatoms. The zero-order chi connectivity index (χ0) is 19.2. The lowest BCUT2D eigenvalue weighted by Gasteiger charge is -2.15. The molecule has 1 aromatic heterocycles. The van der Waals surface area contributed by atoms with Gasteiger partial charge in [0.2, 0.25) is 0 Å². The topological polar surface area (TPSA) is 63.2 Å². The first-order valence-corrected chi connectivity index (χ1v) is 8.57. The van der Waals surface area contributed by atoms with Gasteiger partial charge in [-0.1, -0.05) is 18.2 Å². The summed E-state index contributed by atoms with van der Waals surface area (Å²) in [5.74, 6) is -0.0845. The molecule has 5 nitrogen and oxygen atoms in total. The molecule has 0 aliphatic heterocycles. The van der Waals surface area contributed by atoms with Crippen LogP contribution in [0.5, 0.6) is 5.75 Å². The van der Waals surface area contributed by atoms with Gasteiger partial charge in [0.15, 0.2) is 0 Å². The van der Waals surface area contributed by atoms with Crippen LogP contribution < -0.4 is 15.4 Å². The van der Waals surface area contributed by atoms with Gasteiger partial charge in [-0.15, -0.1) is 0 Å². The number of aromatic nitrogens is 1. The summed E-state index contributed by atoms with van der Waals surface area (Å²) >= 11 is 0. The fraction of sp³-hybridized carbons (Fsp3) is 0.143. The number of hydrogen-bond acceptors (Lipinski definition) is 4. The van der Waals surface area contributed by atoms with E-state index in [4.69, 9.17) is 4.74 Å². The van der Waals surface area contributed by atoms with Crippen molar-refractivity contribution < 1.29 is 13.9 Å². The van der Waals surface area contributed by atoms with Crippen LogP contribution in [-0.2, 0) is 0 Å². The number of rotatable bonds is 6. The van der Waals surface area contributed by atoms with Gasteiger partial charge in [0.05, 0.1) is 23.7 Å². The molecule has 27 heavy (non-hydrogen) atoms. The summed E-state index contributed by atoms with van der Waals surface area (Å²) in [5, 5.41) is 5.85. The molecule has 2 aromatic carbocycles. The third kappa shape index (κ3) is 5.04. The van der Waals surface area contributed by atoms with Crippen LogP contribution >= 0.6 is 0 Å². The quantitative estimate of drug-likeness (QED) is 0.645. The van der Waals surface area contributed by atoms with Gasteiger partial charge in [-0.3, -0.25) is 4.79 Å². The van der Waals surface area contributed by atoms with E-state index in [9.17, 15) is 9.18 Å². The van der Waals surface area contributed by atoms with Gasteiger partial charge in [0, 0.05) is 5.69 Å². The number of benzene rings is 2. The largest absolute Gasteiger partial charge is 0.489 e. The van der Waals surface area contributed by atoms with Crippen molar-refractivity contribution in [3.05, 3.63) is 78.4 Å². The monoisotopic (exact) mass is 365 g/mol. The number of nitrogens with zero attached hydrogens (tertiary/aromatic N) is 1. The highest BCUT2D eigenvalue weighted by atomic mass is 19.1. The maximum absolute atomic E-state index is 13.2. The third-order valence-corrected chi connectivity index (χ3v) is 3.61. The van der Waals surface area contributed by atoms with Gasteiger partial charge in [-0.2, -0.15) is 0 Å². The Bertz CT molecular complexity index is 927. The second-order valence-electron chi connectivity index (χ2n) is 6.18. The molecule has 3 aromatic rings. The summed E-state index contributed by atoms with van der Waals surface area (Å²) in [4.78, 5) is 16.4. The lowest BCUT2D eigenvalue weighted by molar-refractivity contribution is 0.102. The number of nitrogens with one attached hydrogen (secondary N) is 2. The zero-order valence-corrected chi connectivity index (χ0v) is 15.1. The van der Waals surface area contributed by atoms with E-state index in [2.05, 4.69) is 15.6 Å². The molecule has 0 unspecified atom stereocenters. The summed E-state index contributed by atoms with van der Waals surface area (Å²) in [6.45, 7) is 3.93. The fourth-order valence-electron chi connectivity index (χ4n) is 2.45. The van der Waals surface area contributed by atoms with Crippen molar-refractivity contribution in [2.45, 2.75) is 20.0 Å². The van der Waals surface area contributed by atoms with Crippen LogP contribution in [0.15, 0.2) is 66.9 Å². The first kappa shape index (κ1) is 18.4. The van der Waals surface area contributed by atoms with Crippen LogP contribution in [0, 0.1) is 5.82 Å². The van der Waals surface area contributed by atoms with E-state index in [-0.39, 0.29) is 11.8 Å². The molecule has 0 bridgehead atoms. The minimum Gasteiger partial charge on any atom is -0.489 e. The standard InChI is InChI=1S/C21H20FN3O2/c1-14(2)27-20-9-4-3-8-18(20)24-17-10-11-19(23-13-17)21(26)25-16-7-5-6-15(22)12-16/h3-14,24H,1-2H3,(H,25,26). The number of pyridine rings is 1. The Morgan fingerprint density at radius 2 is 1.85 bits per heavy atom. The summed E-state index contributed by atoms with van der Waals surface area (Å²) in [7, 11) is 0. The smallest absolute Gasteiger partial charge is 0.274 e. The number of para-hydroxylation sites is 2. The molecule has 0 aliphatic carbocycles. The number of amides is 1. The normalized spacial score (nSPS) is 10.5. The fourth-order valence-corrected chi connectivity index (χ4v) is 2.45. The molecule has 0 saturated heterocycles.